The lowest BCUT2D eigenvalue weighted by molar-refractivity contribution is 0.416. The molecule has 0 aromatic carbocycles. The Morgan fingerprint density at radius 2 is 2.41 bits per heavy atom. The number of nitrogens with zero attached hydrogens (tertiary/aromatic N) is 3. The second-order valence-corrected chi connectivity index (χ2v) is 3.96. The highest BCUT2D eigenvalue weighted by Crippen LogP contribution is 2.17. The standard InChI is InChI=1S/C12H18N4O/c1-3-6-16-12(14-9-15-16)8-10(13-2)11-5-4-7-17-11/h4-5,7,9-10,13H,3,6,8H2,1-2H3. The van der Waals surface area contributed by atoms with E-state index >= 15 is 0 Å². The van der Waals surface area contributed by atoms with Crippen LogP contribution in [0.2, 0.25) is 0 Å². The number of aromatic nitrogens is 3. The molecule has 17 heavy (non-hydrogen) atoms. The SMILES string of the molecule is CCCn1ncnc1CC(NC)c1ccco1. The van der Waals surface area contributed by atoms with E-state index in [1.807, 2.05) is 23.9 Å². The third-order valence-electron chi connectivity index (χ3n) is 2.75. The van der Waals surface area contributed by atoms with Crippen LogP contribution in [0, 0.1) is 0 Å². The highest BCUT2D eigenvalue weighted by molar-refractivity contribution is 5.07. The summed E-state index contributed by atoms with van der Waals surface area (Å²) in [5, 5.41) is 7.46. The van der Waals surface area contributed by atoms with Crippen molar-refractivity contribution >= 4 is 0 Å². The van der Waals surface area contributed by atoms with Gasteiger partial charge in [0.1, 0.15) is 17.9 Å². The molecule has 0 aliphatic rings. The second kappa shape index (κ2) is 5.63. The lowest BCUT2D eigenvalue weighted by Gasteiger charge is -2.13. The van der Waals surface area contributed by atoms with E-state index in [2.05, 4.69) is 22.3 Å². The average molecular weight is 234 g/mol. The largest absolute Gasteiger partial charge is 0.468 e. The minimum Gasteiger partial charge on any atom is -0.468 e. The van der Waals surface area contributed by atoms with Gasteiger partial charge in [0.15, 0.2) is 0 Å². The van der Waals surface area contributed by atoms with E-state index in [4.69, 9.17) is 4.42 Å². The molecule has 1 atom stereocenters. The van der Waals surface area contributed by atoms with E-state index in [-0.39, 0.29) is 6.04 Å². The van der Waals surface area contributed by atoms with Crippen molar-refractivity contribution < 1.29 is 4.42 Å². The summed E-state index contributed by atoms with van der Waals surface area (Å²) in [6.45, 7) is 3.04. The molecule has 5 nitrogen and oxygen atoms in total. The Kier molecular flexibility index (Phi) is 3.93. The number of hydrogen-bond acceptors (Lipinski definition) is 4. The van der Waals surface area contributed by atoms with Crippen molar-refractivity contribution in [3.8, 4) is 0 Å². The number of furan rings is 1. The van der Waals surface area contributed by atoms with Crippen molar-refractivity contribution in [2.45, 2.75) is 32.4 Å². The summed E-state index contributed by atoms with van der Waals surface area (Å²) in [6, 6.07) is 4.02. The van der Waals surface area contributed by atoms with Crippen LogP contribution in [-0.4, -0.2) is 21.8 Å². The van der Waals surface area contributed by atoms with Gasteiger partial charge in [-0.2, -0.15) is 5.10 Å². The Morgan fingerprint density at radius 1 is 1.53 bits per heavy atom. The summed E-state index contributed by atoms with van der Waals surface area (Å²) in [7, 11) is 1.92. The number of nitrogens with one attached hydrogen (secondary N) is 1. The van der Waals surface area contributed by atoms with Gasteiger partial charge < -0.3 is 9.73 Å². The quantitative estimate of drug-likeness (QED) is 0.827. The Balaban J connectivity index is 2.10. The summed E-state index contributed by atoms with van der Waals surface area (Å²) in [5.74, 6) is 1.92. The van der Waals surface area contributed by atoms with Crippen molar-refractivity contribution in [1.82, 2.24) is 20.1 Å². The Morgan fingerprint density at radius 3 is 3.06 bits per heavy atom. The highest BCUT2D eigenvalue weighted by Gasteiger charge is 2.16. The number of likely N-dealkylation sites (N-methyl/N-ethyl adjacent to an activating group) is 1. The third-order valence-corrected chi connectivity index (χ3v) is 2.75. The smallest absolute Gasteiger partial charge is 0.138 e. The van der Waals surface area contributed by atoms with Crippen LogP contribution >= 0.6 is 0 Å². The molecule has 0 saturated heterocycles. The number of aryl methyl sites for hydroxylation is 1. The molecule has 2 heterocycles. The summed E-state index contributed by atoms with van der Waals surface area (Å²) < 4.78 is 7.37. The van der Waals surface area contributed by atoms with Crippen LogP contribution < -0.4 is 5.32 Å². The molecule has 0 aliphatic heterocycles. The van der Waals surface area contributed by atoms with Crippen molar-refractivity contribution in [1.29, 1.82) is 0 Å². The first-order chi connectivity index (χ1) is 8.35. The minimum absolute atomic E-state index is 0.143. The van der Waals surface area contributed by atoms with Crippen LogP contribution in [0.4, 0.5) is 0 Å². The molecule has 0 aliphatic carbocycles. The number of hydrogen-bond donors (Lipinski definition) is 1. The highest BCUT2D eigenvalue weighted by atomic mass is 16.3. The molecule has 0 bridgehead atoms. The monoisotopic (exact) mass is 234 g/mol. The normalized spacial score (nSPS) is 12.8. The maximum absolute atomic E-state index is 5.42. The van der Waals surface area contributed by atoms with Crippen LogP contribution in [0.25, 0.3) is 0 Å². The first kappa shape index (κ1) is 11.9. The van der Waals surface area contributed by atoms with E-state index in [1.54, 1.807) is 12.6 Å². The molecule has 0 amide bonds. The Hall–Kier alpha value is -1.62. The Labute approximate surface area is 101 Å². The van der Waals surface area contributed by atoms with Gasteiger partial charge in [-0.25, -0.2) is 4.98 Å². The van der Waals surface area contributed by atoms with Gasteiger partial charge in [0.2, 0.25) is 0 Å². The fourth-order valence-corrected chi connectivity index (χ4v) is 1.86. The maximum atomic E-state index is 5.42. The van der Waals surface area contributed by atoms with E-state index in [9.17, 15) is 0 Å². The predicted octanol–water partition coefficient (Wildman–Crippen LogP) is 1.78. The predicted molar refractivity (Wildman–Crippen MR) is 64.5 cm³/mol. The van der Waals surface area contributed by atoms with E-state index in [1.165, 1.54) is 0 Å². The third kappa shape index (κ3) is 2.74. The van der Waals surface area contributed by atoms with Gasteiger partial charge in [0.25, 0.3) is 0 Å². The fourth-order valence-electron chi connectivity index (χ4n) is 1.86. The molecule has 1 N–H and O–H groups in total. The minimum atomic E-state index is 0.143. The zero-order valence-electron chi connectivity index (χ0n) is 10.3. The van der Waals surface area contributed by atoms with E-state index in [0.717, 1.165) is 31.0 Å². The van der Waals surface area contributed by atoms with Crippen LogP contribution in [0.15, 0.2) is 29.1 Å². The zero-order valence-corrected chi connectivity index (χ0v) is 10.3. The molecular weight excluding hydrogens is 216 g/mol. The molecule has 0 fully saturated rings. The van der Waals surface area contributed by atoms with Gasteiger partial charge in [0.05, 0.1) is 12.3 Å². The first-order valence-corrected chi connectivity index (χ1v) is 5.92. The molecule has 0 saturated carbocycles. The number of rotatable bonds is 6. The van der Waals surface area contributed by atoms with Crippen molar-refractivity contribution in [2.24, 2.45) is 0 Å². The summed E-state index contributed by atoms with van der Waals surface area (Å²) in [4.78, 5) is 4.30. The average Bonchev–Trinajstić information content (AvgIpc) is 2.97. The van der Waals surface area contributed by atoms with E-state index < -0.39 is 0 Å². The Bertz CT molecular complexity index is 435. The van der Waals surface area contributed by atoms with Gasteiger partial charge in [-0.15, -0.1) is 0 Å². The first-order valence-electron chi connectivity index (χ1n) is 5.92. The fraction of sp³-hybridized carbons (Fsp3) is 0.500. The van der Waals surface area contributed by atoms with Gasteiger partial charge in [0, 0.05) is 13.0 Å². The lowest BCUT2D eigenvalue weighted by atomic mass is 10.1. The van der Waals surface area contributed by atoms with Crippen LogP contribution in [0.5, 0.6) is 0 Å². The van der Waals surface area contributed by atoms with Gasteiger partial charge in [-0.1, -0.05) is 6.92 Å². The molecule has 5 heteroatoms. The van der Waals surface area contributed by atoms with Gasteiger partial charge in [-0.05, 0) is 25.6 Å². The molecule has 0 spiro atoms. The molecular formula is C12H18N4O. The molecule has 92 valence electrons. The van der Waals surface area contributed by atoms with Crippen LogP contribution in [0.1, 0.15) is 31.0 Å². The van der Waals surface area contributed by atoms with Crippen LogP contribution in [0.3, 0.4) is 0 Å². The zero-order chi connectivity index (χ0) is 12.1. The molecule has 2 rings (SSSR count). The van der Waals surface area contributed by atoms with Crippen LogP contribution in [-0.2, 0) is 13.0 Å². The molecule has 1 unspecified atom stereocenters. The summed E-state index contributed by atoms with van der Waals surface area (Å²) in [6.07, 6.45) is 5.14. The van der Waals surface area contributed by atoms with Crippen molar-refractivity contribution in [3.63, 3.8) is 0 Å². The van der Waals surface area contributed by atoms with E-state index in [0.29, 0.717) is 0 Å². The molecule has 0 radical (unpaired) electrons. The summed E-state index contributed by atoms with van der Waals surface area (Å²) in [5.41, 5.74) is 0. The molecule has 2 aromatic heterocycles. The second-order valence-electron chi connectivity index (χ2n) is 3.96. The van der Waals surface area contributed by atoms with Gasteiger partial charge in [-0.3, -0.25) is 4.68 Å². The van der Waals surface area contributed by atoms with Crippen molar-refractivity contribution in [3.05, 3.63) is 36.3 Å². The topological polar surface area (TPSA) is 55.9 Å². The molecule has 2 aromatic rings. The van der Waals surface area contributed by atoms with Crippen molar-refractivity contribution in [2.75, 3.05) is 7.05 Å². The lowest BCUT2D eigenvalue weighted by Crippen LogP contribution is -2.20. The summed E-state index contributed by atoms with van der Waals surface area (Å²) >= 11 is 0. The van der Waals surface area contributed by atoms with Gasteiger partial charge >= 0.3 is 0 Å². The maximum Gasteiger partial charge on any atom is 0.138 e.